The molecule has 0 radical (unpaired) electrons. The summed E-state index contributed by atoms with van der Waals surface area (Å²) in [6.45, 7) is 18.2. The maximum atomic E-state index is 15.0. The van der Waals surface area contributed by atoms with Crippen molar-refractivity contribution in [3.8, 4) is 0 Å². The molecule has 2 aromatic carbocycles. The molecular weight excluding hydrogens is 874 g/mol. The van der Waals surface area contributed by atoms with Crippen LogP contribution in [0.3, 0.4) is 0 Å². The number of nitrogens with one attached hydrogen (secondary N) is 2. The Morgan fingerprint density at radius 3 is 1.66 bits per heavy atom. The lowest BCUT2D eigenvalue weighted by Gasteiger charge is -2.35. The summed E-state index contributed by atoms with van der Waals surface area (Å²) < 4.78 is 20.9. The standard InChI is InChI=1S/C51H76FN7O9/c1-29(2)22-39(53)47(62)57(12)43(25-32(7)8)45(60)55-41(24-31(5)6)49(64)58(13)44(26-36-28-59(42-17-15-14-16-38(36)42)27-35-18-20-37(52)21-19-35)46(61)54-40(23-30(3)4)48(63)56(11)33(9)51(67)68-34(10)50(65)66/h14-21,28-34,39-41,43-44H,22-27,53H2,1-13H3,(H,54,61)(H,55,60)(H,65,66)/t33-,34+,39-,40-,41-,43-,44-/m0/s1. The lowest BCUT2D eigenvalue weighted by atomic mass is 9.96. The molecule has 0 fully saturated rings. The van der Waals surface area contributed by atoms with Crippen molar-refractivity contribution in [3.63, 3.8) is 0 Å². The van der Waals surface area contributed by atoms with E-state index in [0.717, 1.165) is 21.4 Å². The number of esters is 1. The molecule has 0 aliphatic heterocycles. The number of hydrogen-bond acceptors (Lipinski definition) is 9. The van der Waals surface area contributed by atoms with Crippen LogP contribution < -0.4 is 16.4 Å². The number of fused-ring (bicyclic) bond motifs is 1. The van der Waals surface area contributed by atoms with Crippen molar-refractivity contribution >= 4 is 52.4 Å². The summed E-state index contributed by atoms with van der Waals surface area (Å²) in [5.41, 5.74) is 8.63. The van der Waals surface area contributed by atoms with E-state index in [1.165, 1.54) is 49.9 Å². The number of benzene rings is 2. The second-order valence-corrected chi connectivity index (χ2v) is 19.8. The number of ether oxygens (including phenoxy) is 1. The second-order valence-electron chi connectivity index (χ2n) is 19.8. The van der Waals surface area contributed by atoms with E-state index in [9.17, 15) is 43.1 Å². The number of carboxylic acid groups (broad SMARTS) is 1. The van der Waals surface area contributed by atoms with Crippen LogP contribution in [-0.2, 0) is 51.3 Å². The number of carbonyl (C=O) groups is 7. The summed E-state index contributed by atoms with van der Waals surface area (Å²) in [4.78, 5) is 100. The number of halogens is 1. The number of likely N-dealkylation sites (N-methyl/N-ethyl adjacent to an activating group) is 3. The fourth-order valence-corrected chi connectivity index (χ4v) is 8.17. The molecule has 68 heavy (non-hydrogen) atoms. The van der Waals surface area contributed by atoms with E-state index in [1.807, 2.05) is 90.4 Å². The summed E-state index contributed by atoms with van der Waals surface area (Å²) in [5.74, 6) is -5.63. The molecule has 0 saturated heterocycles. The number of aliphatic carboxylic acids is 1. The molecule has 3 rings (SSSR count). The molecule has 0 saturated carbocycles. The first kappa shape index (κ1) is 56.5. The normalized spacial score (nSPS) is 14.8. The molecule has 16 nitrogen and oxygen atoms in total. The Bertz CT molecular complexity index is 2210. The molecule has 0 bridgehead atoms. The van der Waals surface area contributed by atoms with Gasteiger partial charge in [-0.3, -0.25) is 24.0 Å². The van der Waals surface area contributed by atoms with Gasteiger partial charge >= 0.3 is 11.9 Å². The molecule has 0 aliphatic carbocycles. The minimum atomic E-state index is -1.46. The minimum Gasteiger partial charge on any atom is -0.479 e. The van der Waals surface area contributed by atoms with Crippen molar-refractivity contribution in [2.24, 2.45) is 29.4 Å². The van der Waals surface area contributed by atoms with E-state index in [4.69, 9.17) is 10.5 Å². The average molecular weight is 950 g/mol. The fourth-order valence-electron chi connectivity index (χ4n) is 8.17. The van der Waals surface area contributed by atoms with E-state index in [0.29, 0.717) is 24.9 Å². The largest absolute Gasteiger partial charge is 0.479 e. The highest BCUT2D eigenvalue weighted by molar-refractivity contribution is 5.97. The molecule has 1 aromatic heterocycles. The van der Waals surface area contributed by atoms with Gasteiger partial charge in [0.2, 0.25) is 29.5 Å². The molecule has 376 valence electrons. The number of rotatable bonds is 25. The molecule has 0 unspecified atom stereocenters. The van der Waals surface area contributed by atoms with Gasteiger partial charge in [-0.15, -0.1) is 0 Å². The first-order valence-corrected chi connectivity index (χ1v) is 23.6. The van der Waals surface area contributed by atoms with Crippen LogP contribution in [0.25, 0.3) is 10.9 Å². The van der Waals surface area contributed by atoms with Gasteiger partial charge < -0.3 is 45.5 Å². The van der Waals surface area contributed by atoms with Crippen molar-refractivity contribution in [2.45, 2.75) is 150 Å². The van der Waals surface area contributed by atoms with Crippen molar-refractivity contribution in [3.05, 3.63) is 71.7 Å². The third kappa shape index (κ3) is 15.9. The van der Waals surface area contributed by atoms with E-state index in [1.54, 1.807) is 19.2 Å². The molecule has 17 heteroatoms. The highest BCUT2D eigenvalue weighted by Crippen LogP contribution is 2.26. The van der Waals surface area contributed by atoms with Crippen LogP contribution in [0.4, 0.5) is 4.39 Å². The summed E-state index contributed by atoms with van der Waals surface area (Å²) in [7, 11) is 4.38. The van der Waals surface area contributed by atoms with Crippen LogP contribution in [0.5, 0.6) is 0 Å². The predicted molar refractivity (Wildman–Crippen MR) is 259 cm³/mol. The zero-order valence-corrected chi connectivity index (χ0v) is 42.2. The number of aromatic nitrogens is 1. The molecule has 1 heterocycles. The topological polar surface area (TPSA) is 214 Å². The van der Waals surface area contributed by atoms with Gasteiger partial charge in [0, 0.05) is 51.2 Å². The summed E-state index contributed by atoms with van der Waals surface area (Å²) in [6.07, 6.45) is 1.42. The van der Waals surface area contributed by atoms with E-state index < -0.39 is 83.8 Å². The third-order valence-corrected chi connectivity index (χ3v) is 12.1. The maximum absolute atomic E-state index is 15.0. The Balaban J connectivity index is 2.13. The predicted octanol–water partition coefficient (Wildman–Crippen LogP) is 5.37. The number of nitrogens with zero attached hydrogens (tertiary/aromatic N) is 4. The van der Waals surface area contributed by atoms with Crippen LogP contribution >= 0.6 is 0 Å². The Kier molecular flexibility index (Phi) is 21.2. The van der Waals surface area contributed by atoms with Gasteiger partial charge in [-0.1, -0.05) is 85.7 Å². The highest BCUT2D eigenvalue weighted by Gasteiger charge is 2.39. The number of carboxylic acids is 1. The van der Waals surface area contributed by atoms with Crippen LogP contribution in [0.15, 0.2) is 54.7 Å². The van der Waals surface area contributed by atoms with Crippen LogP contribution in [-0.4, -0.2) is 129 Å². The average Bonchev–Trinajstić information content (AvgIpc) is 3.61. The van der Waals surface area contributed by atoms with E-state index >= 15 is 0 Å². The van der Waals surface area contributed by atoms with Crippen molar-refractivity contribution < 1.29 is 47.8 Å². The van der Waals surface area contributed by atoms with Gasteiger partial charge in [-0.25, -0.2) is 14.0 Å². The third-order valence-electron chi connectivity index (χ3n) is 12.1. The van der Waals surface area contributed by atoms with Crippen molar-refractivity contribution in [2.75, 3.05) is 21.1 Å². The zero-order chi connectivity index (χ0) is 51.3. The Hall–Kier alpha value is -5.84. The van der Waals surface area contributed by atoms with Crippen molar-refractivity contribution in [1.29, 1.82) is 0 Å². The lowest BCUT2D eigenvalue weighted by Crippen LogP contribution is -2.60. The van der Waals surface area contributed by atoms with Gasteiger partial charge in [0.05, 0.1) is 6.04 Å². The SMILES string of the molecule is CC(C)C[C@H](NC(=O)[C@H](Cc1cn(Cc2ccc(F)cc2)c2ccccc12)N(C)C(=O)[C@H](CC(C)C)NC(=O)[C@H](CC(C)C)N(C)C(=O)[C@@H](N)CC(C)C)C(=O)N(C)[C@@H](C)C(=O)O[C@H](C)C(=O)O. The van der Waals surface area contributed by atoms with Crippen LogP contribution in [0.1, 0.15) is 106 Å². The van der Waals surface area contributed by atoms with Crippen LogP contribution in [0.2, 0.25) is 0 Å². The molecule has 0 aliphatic rings. The number of amides is 5. The summed E-state index contributed by atoms with van der Waals surface area (Å²) >= 11 is 0. The smallest absolute Gasteiger partial charge is 0.344 e. The van der Waals surface area contributed by atoms with Gasteiger partial charge in [-0.05, 0) is 92.5 Å². The highest BCUT2D eigenvalue weighted by atomic mass is 19.1. The first-order chi connectivity index (χ1) is 31.7. The molecule has 5 amide bonds. The number of nitrogens with two attached hydrogens (primary N) is 1. The second kappa shape index (κ2) is 25.5. The van der Waals surface area contributed by atoms with E-state index in [-0.39, 0.29) is 48.8 Å². The van der Waals surface area contributed by atoms with E-state index in [2.05, 4.69) is 10.6 Å². The zero-order valence-electron chi connectivity index (χ0n) is 42.2. The van der Waals surface area contributed by atoms with Gasteiger partial charge in [0.1, 0.15) is 36.0 Å². The molecule has 3 aromatic rings. The molecule has 5 N–H and O–H groups in total. The molecule has 0 spiro atoms. The Labute approximate surface area is 401 Å². The Morgan fingerprint density at radius 2 is 1.15 bits per heavy atom. The number of carbonyl (C=O) groups excluding carboxylic acids is 6. The fraction of sp³-hybridized carbons (Fsp3) is 0.588. The molecule has 7 atom stereocenters. The van der Waals surface area contributed by atoms with Gasteiger partial charge in [-0.2, -0.15) is 0 Å². The quantitative estimate of drug-likeness (QED) is 0.0798. The van der Waals surface area contributed by atoms with Gasteiger partial charge in [0.25, 0.3) is 0 Å². The number of hydrogen-bond donors (Lipinski definition) is 4. The maximum Gasteiger partial charge on any atom is 0.344 e. The lowest BCUT2D eigenvalue weighted by molar-refractivity contribution is -0.167. The van der Waals surface area contributed by atoms with Crippen LogP contribution in [0, 0.1) is 29.5 Å². The van der Waals surface area contributed by atoms with Gasteiger partial charge in [0.15, 0.2) is 6.10 Å². The summed E-state index contributed by atoms with van der Waals surface area (Å²) in [6, 6.07) is 7.08. The van der Waals surface area contributed by atoms with Crippen molar-refractivity contribution in [1.82, 2.24) is 29.9 Å². The monoisotopic (exact) mass is 950 g/mol. The number of para-hydroxylation sites is 1. The minimum absolute atomic E-state index is 0.00927. The summed E-state index contributed by atoms with van der Waals surface area (Å²) in [5, 5.41) is 15.9. The first-order valence-electron chi connectivity index (χ1n) is 23.6. The Morgan fingerprint density at radius 1 is 0.662 bits per heavy atom. The molecular formula is C51H76FN7O9.